The highest BCUT2D eigenvalue weighted by Gasteiger charge is 2.26. The topological polar surface area (TPSA) is 358 Å². The SMILES string of the molecule is N=C(N)NCCC[C@H](NC(=O)CNC(=O)[C@@H](N)CCCCN)C(=O)N[C@@H](CCCCNC(=O)COCCOCCNC(=O)CCN1C(=O)C=CC1=O)C(N)=O. The van der Waals surface area contributed by atoms with Crippen LogP contribution >= 0.6 is 0 Å². The van der Waals surface area contributed by atoms with Crippen molar-refractivity contribution in [1.82, 2.24) is 36.8 Å². The molecule has 0 bridgehead atoms. The van der Waals surface area contributed by atoms with Gasteiger partial charge >= 0.3 is 0 Å². The summed E-state index contributed by atoms with van der Waals surface area (Å²) in [6.07, 6.45) is 5.48. The maximum atomic E-state index is 13.1. The molecule has 1 rings (SSSR count). The second kappa shape index (κ2) is 28.3. The van der Waals surface area contributed by atoms with Crippen LogP contribution in [0.4, 0.5) is 0 Å². The molecular weight excluding hydrogens is 724 g/mol. The number of carbonyl (C=O) groups is 8. The number of nitrogens with one attached hydrogen (secondary N) is 7. The van der Waals surface area contributed by atoms with Crippen molar-refractivity contribution in [3.05, 3.63) is 12.2 Å². The van der Waals surface area contributed by atoms with Crippen LogP contribution in [0.1, 0.15) is 57.8 Å². The molecule has 0 aromatic heterocycles. The molecule has 55 heavy (non-hydrogen) atoms. The van der Waals surface area contributed by atoms with Gasteiger partial charge in [-0.2, -0.15) is 0 Å². The summed E-state index contributed by atoms with van der Waals surface area (Å²) < 4.78 is 10.6. The molecule has 0 spiro atoms. The molecule has 0 fully saturated rings. The van der Waals surface area contributed by atoms with Crippen molar-refractivity contribution >= 4 is 53.2 Å². The van der Waals surface area contributed by atoms with Gasteiger partial charge in [-0.25, -0.2) is 0 Å². The molecule has 0 saturated heterocycles. The zero-order chi connectivity index (χ0) is 41.0. The Bertz CT molecular complexity index is 1310. The van der Waals surface area contributed by atoms with Crippen LogP contribution < -0.4 is 54.8 Å². The van der Waals surface area contributed by atoms with E-state index in [1.807, 2.05) is 0 Å². The number of hydrogen-bond acceptors (Lipinski definition) is 13. The Morgan fingerprint density at radius 3 is 2.00 bits per heavy atom. The van der Waals surface area contributed by atoms with E-state index in [9.17, 15) is 38.4 Å². The molecule has 22 nitrogen and oxygen atoms in total. The van der Waals surface area contributed by atoms with Gasteiger partial charge in [0.1, 0.15) is 18.7 Å². The molecule has 0 radical (unpaired) electrons. The van der Waals surface area contributed by atoms with Crippen LogP contribution in [0, 0.1) is 5.41 Å². The third kappa shape index (κ3) is 22.6. The number of nitrogens with two attached hydrogens (primary N) is 4. The van der Waals surface area contributed by atoms with E-state index in [0.29, 0.717) is 45.1 Å². The minimum Gasteiger partial charge on any atom is -0.377 e. The zero-order valence-corrected chi connectivity index (χ0v) is 31.2. The lowest BCUT2D eigenvalue weighted by molar-refractivity contribution is -0.137. The lowest BCUT2D eigenvalue weighted by Gasteiger charge is -2.22. The van der Waals surface area contributed by atoms with Crippen molar-refractivity contribution in [3.8, 4) is 0 Å². The fourth-order valence-electron chi connectivity index (χ4n) is 4.89. The smallest absolute Gasteiger partial charge is 0.253 e. The van der Waals surface area contributed by atoms with E-state index < -0.39 is 60.1 Å². The number of imide groups is 1. The number of amides is 8. The molecular formula is C33H58N12O10. The van der Waals surface area contributed by atoms with Gasteiger partial charge in [-0.15, -0.1) is 0 Å². The van der Waals surface area contributed by atoms with Crippen LogP contribution in [0.5, 0.6) is 0 Å². The maximum Gasteiger partial charge on any atom is 0.253 e. The van der Waals surface area contributed by atoms with Crippen LogP contribution in [0.25, 0.3) is 0 Å². The van der Waals surface area contributed by atoms with Gasteiger partial charge in [0.15, 0.2) is 5.96 Å². The first-order chi connectivity index (χ1) is 26.2. The number of hydrogen-bond donors (Lipinski definition) is 11. The second-order valence-electron chi connectivity index (χ2n) is 12.4. The highest BCUT2D eigenvalue weighted by molar-refractivity contribution is 6.13. The Morgan fingerprint density at radius 1 is 0.691 bits per heavy atom. The van der Waals surface area contributed by atoms with E-state index in [1.54, 1.807) is 0 Å². The first-order valence-corrected chi connectivity index (χ1v) is 18.2. The summed E-state index contributed by atoms with van der Waals surface area (Å²) in [7, 11) is 0. The van der Waals surface area contributed by atoms with E-state index in [0.717, 1.165) is 17.1 Å². The van der Waals surface area contributed by atoms with E-state index in [2.05, 4.69) is 31.9 Å². The molecule has 310 valence electrons. The van der Waals surface area contributed by atoms with Gasteiger partial charge in [-0.3, -0.25) is 48.7 Å². The van der Waals surface area contributed by atoms with Gasteiger partial charge in [-0.05, 0) is 51.5 Å². The summed E-state index contributed by atoms with van der Waals surface area (Å²) in [6.45, 7) is 1.02. The average Bonchev–Trinajstić information content (AvgIpc) is 3.46. The third-order valence-electron chi connectivity index (χ3n) is 7.90. The second-order valence-corrected chi connectivity index (χ2v) is 12.4. The molecule has 1 heterocycles. The Balaban J connectivity index is 2.33. The van der Waals surface area contributed by atoms with Gasteiger partial charge < -0.3 is 64.3 Å². The van der Waals surface area contributed by atoms with Crippen LogP contribution in [-0.4, -0.2) is 142 Å². The summed E-state index contributed by atoms with van der Waals surface area (Å²) in [5.41, 5.74) is 22.1. The Labute approximate surface area is 319 Å². The first-order valence-electron chi connectivity index (χ1n) is 18.2. The van der Waals surface area contributed by atoms with Crippen molar-refractivity contribution in [2.75, 3.05) is 65.7 Å². The van der Waals surface area contributed by atoms with Crippen molar-refractivity contribution in [1.29, 1.82) is 5.41 Å². The summed E-state index contributed by atoms with van der Waals surface area (Å²) >= 11 is 0. The van der Waals surface area contributed by atoms with Crippen molar-refractivity contribution in [2.24, 2.45) is 22.9 Å². The number of guanidine groups is 1. The Hall–Kier alpha value is -5.19. The van der Waals surface area contributed by atoms with Crippen molar-refractivity contribution in [3.63, 3.8) is 0 Å². The number of ether oxygens (including phenoxy) is 2. The summed E-state index contributed by atoms with van der Waals surface area (Å²) in [6, 6.07) is -2.98. The molecule has 0 unspecified atom stereocenters. The number of nitrogens with zero attached hydrogens (tertiary/aromatic N) is 1. The molecule has 1 aliphatic rings. The van der Waals surface area contributed by atoms with Crippen molar-refractivity contribution in [2.45, 2.75) is 75.9 Å². The van der Waals surface area contributed by atoms with Crippen LogP contribution in [0.15, 0.2) is 12.2 Å². The van der Waals surface area contributed by atoms with Gasteiger partial charge in [0.25, 0.3) is 11.8 Å². The van der Waals surface area contributed by atoms with Gasteiger partial charge in [0, 0.05) is 44.8 Å². The molecule has 0 saturated carbocycles. The minimum absolute atomic E-state index is 0.00927. The van der Waals surface area contributed by atoms with Crippen LogP contribution in [-0.2, 0) is 47.8 Å². The molecule has 8 amide bonds. The van der Waals surface area contributed by atoms with Crippen molar-refractivity contribution < 1.29 is 47.8 Å². The van der Waals surface area contributed by atoms with Crippen LogP contribution in [0.3, 0.4) is 0 Å². The zero-order valence-electron chi connectivity index (χ0n) is 31.2. The molecule has 0 aromatic rings. The molecule has 3 atom stereocenters. The fraction of sp³-hybridized carbons (Fsp3) is 0.667. The normalized spacial score (nSPS) is 13.7. The molecule has 1 aliphatic heterocycles. The Kier molecular flexibility index (Phi) is 24.6. The summed E-state index contributed by atoms with van der Waals surface area (Å²) in [5.74, 6) is -4.52. The predicted octanol–water partition coefficient (Wildman–Crippen LogP) is -4.97. The summed E-state index contributed by atoms with van der Waals surface area (Å²) in [4.78, 5) is 98.0. The summed E-state index contributed by atoms with van der Waals surface area (Å²) in [5, 5.41) is 22.7. The third-order valence-corrected chi connectivity index (χ3v) is 7.90. The minimum atomic E-state index is -1.10. The van der Waals surface area contributed by atoms with Gasteiger partial charge in [0.05, 0.1) is 32.4 Å². The standard InChI is InChI=1S/C33H58N12O10/c34-12-3-1-6-22(35)31(52)42-20-26(47)43-24(8-5-14-41-33(37)38)32(53)44-23(30(36)51)7-2-4-13-39-27(48)21-55-19-18-54-17-15-40-25(46)11-16-45-28(49)9-10-29(45)50/h9-10,22-24H,1-8,11-21,34-35H2,(H2,36,51)(H,39,48)(H,40,46)(H,42,52)(H,43,47)(H,44,53)(H4,37,38,41)/t22-,23-,24-/m0/s1. The first kappa shape index (κ1) is 47.8. The number of primary amides is 1. The predicted molar refractivity (Wildman–Crippen MR) is 198 cm³/mol. The molecule has 15 N–H and O–H groups in total. The lowest BCUT2D eigenvalue weighted by atomic mass is 10.1. The number of rotatable bonds is 31. The van der Waals surface area contributed by atoms with E-state index in [4.69, 9.17) is 37.8 Å². The highest BCUT2D eigenvalue weighted by atomic mass is 16.5. The number of unbranched alkanes of at least 4 members (excludes halogenated alkanes) is 2. The largest absolute Gasteiger partial charge is 0.377 e. The molecule has 22 heteroatoms. The fourth-order valence-corrected chi connectivity index (χ4v) is 4.89. The van der Waals surface area contributed by atoms with E-state index in [1.165, 1.54) is 0 Å². The monoisotopic (exact) mass is 782 g/mol. The van der Waals surface area contributed by atoms with Crippen LogP contribution in [0.2, 0.25) is 0 Å². The van der Waals surface area contributed by atoms with Gasteiger partial charge in [-0.1, -0.05) is 6.42 Å². The van der Waals surface area contributed by atoms with E-state index in [-0.39, 0.29) is 89.6 Å². The lowest BCUT2D eigenvalue weighted by Crippen LogP contribution is -2.54. The quantitative estimate of drug-likeness (QED) is 0.0136. The van der Waals surface area contributed by atoms with Gasteiger partial charge in [0.2, 0.25) is 35.4 Å². The molecule has 0 aromatic carbocycles. The number of carbonyl (C=O) groups excluding carboxylic acids is 8. The van der Waals surface area contributed by atoms with E-state index >= 15 is 0 Å². The highest BCUT2D eigenvalue weighted by Crippen LogP contribution is 2.05. The average molecular weight is 783 g/mol. The Morgan fingerprint density at radius 2 is 1.33 bits per heavy atom. The maximum absolute atomic E-state index is 13.1. The molecule has 0 aliphatic carbocycles.